The van der Waals surface area contributed by atoms with Crippen molar-refractivity contribution in [2.75, 3.05) is 9.80 Å². The zero-order valence-corrected chi connectivity index (χ0v) is 38.2. The molecule has 306 valence electrons. The van der Waals surface area contributed by atoms with Crippen LogP contribution in [0, 0.1) is 27.7 Å². The van der Waals surface area contributed by atoms with Crippen LogP contribution in [0.4, 0.5) is 34.3 Å². The average Bonchev–Trinajstić information content (AvgIpc) is 3.79. The van der Waals surface area contributed by atoms with Gasteiger partial charge in [0.1, 0.15) is 11.2 Å². The summed E-state index contributed by atoms with van der Waals surface area (Å²) in [5.74, 6) is 0.912. The fourth-order valence-electron chi connectivity index (χ4n) is 10.3. The summed E-state index contributed by atoms with van der Waals surface area (Å²) in [6.07, 6.45) is 1.91. The number of hydrogen-bond acceptors (Lipinski definition) is 4. The van der Waals surface area contributed by atoms with Crippen LogP contribution in [0.5, 0.6) is 0 Å². The normalized spacial score (nSPS) is 13.9. The van der Waals surface area contributed by atoms with E-state index in [2.05, 4.69) is 191 Å². The molecule has 0 amide bonds. The van der Waals surface area contributed by atoms with Crippen LogP contribution in [0.15, 0.2) is 118 Å². The van der Waals surface area contributed by atoms with Crippen molar-refractivity contribution in [1.82, 2.24) is 0 Å². The number of nitrogens with zero attached hydrogens (tertiary/aromatic N) is 2. The molecule has 2 aliphatic heterocycles. The molecular formula is C56H57BN2O2. The van der Waals surface area contributed by atoms with Gasteiger partial charge in [-0.2, -0.15) is 0 Å². The molecule has 0 saturated carbocycles. The van der Waals surface area contributed by atoms with Crippen LogP contribution in [-0.4, -0.2) is 6.71 Å². The van der Waals surface area contributed by atoms with E-state index in [1.165, 1.54) is 83.5 Å². The molecule has 0 spiro atoms. The van der Waals surface area contributed by atoms with Crippen molar-refractivity contribution in [1.29, 1.82) is 0 Å². The van der Waals surface area contributed by atoms with Crippen molar-refractivity contribution in [2.45, 2.75) is 106 Å². The molecule has 0 bridgehead atoms. The van der Waals surface area contributed by atoms with Crippen LogP contribution in [-0.2, 0) is 16.2 Å². The third kappa shape index (κ3) is 6.02. The van der Waals surface area contributed by atoms with Crippen LogP contribution < -0.4 is 26.2 Å². The zero-order chi connectivity index (χ0) is 43.1. The molecular weight excluding hydrogens is 743 g/mol. The molecule has 2 aromatic heterocycles. The van der Waals surface area contributed by atoms with E-state index in [-0.39, 0.29) is 23.0 Å². The average molecular weight is 801 g/mol. The summed E-state index contributed by atoms with van der Waals surface area (Å²) in [5.41, 5.74) is 22.7. The van der Waals surface area contributed by atoms with E-state index in [0.717, 1.165) is 39.3 Å². The number of furan rings is 2. The minimum absolute atomic E-state index is 0.0196. The van der Waals surface area contributed by atoms with Gasteiger partial charge >= 0.3 is 0 Å². The molecule has 10 rings (SSSR count). The van der Waals surface area contributed by atoms with Gasteiger partial charge in [-0.05, 0) is 148 Å². The molecule has 0 saturated heterocycles. The third-order valence-corrected chi connectivity index (χ3v) is 13.4. The van der Waals surface area contributed by atoms with E-state index < -0.39 is 0 Å². The summed E-state index contributed by atoms with van der Waals surface area (Å²) >= 11 is 0. The summed E-state index contributed by atoms with van der Waals surface area (Å²) in [6, 6.07) is 38.8. The lowest BCUT2D eigenvalue weighted by atomic mass is 9.33. The lowest BCUT2D eigenvalue weighted by Gasteiger charge is -2.44. The van der Waals surface area contributed by atoms with E-state index >= 15 is 0 Å². The van der Waals surface area contributed by atoms with Gasteiger partial charge in [0.15, 0.2) is 0 Å². The Morgan fingerprint density at radius 3 is 1.70 bits per heavy atom. The van der Waals surface area contributed by atoms with Crippen LogP contribution in [0.25, 0.3) is 33.1 Å². The fraction of sp³-hybridized carbons (Fsp3) is 0.286. The van der Waals surface area contributed by atoms with Gasteiger partial charge in [-0.25, -0.2) is 0 Å². The van der Waals surface area contributed by atoms with E-state index in [9.17, 15) is 0 Å². The van der Waals surface area contributed by atoms with Gasteiger partial charge < -0.3 is 13.7 Å². The maximum absolute atomic E-state index is 7.23. The molecule has 0 aliphatic carbocycles. The van der Waals surface area contributed by atoms with Crippen molar-refractivity contribution < 1.29 is 8.83 Å². The SMILES string of the molecule is Cc1cc(-c2coc3ccccc23)cc(C)c1N1c2ccc(C(C)(C)C)cc2B2c3c1cccc3N(c1c(C)cc(C(C)(C)C)cc1C)c1oc3ccc(C(C)(C)C)cc3c12. The molecule has 2 aliphatic rings. The molecule has 0 atom stereocenters. The molecule has 5 heteroatoms. The smallest absolute Gasteiger partial charge is 0.257 e. The van der Waals surface area contributed by atoms with E-state index in [1.54, 1.807) is 0 Å². The molecule has 8 aromatic rings. The quantitative estimate of drug-likeness (QED) is 0.167. The maximum Gasteiger partial charge on any atom is 0.257 e. The second-order valence-corrected chi connectivity index (χ2v) is 20.9. The van der Waals surface area contributed by atoms with Gasteiger partial charge in [-0.15, -0.1) is 0 Å². The van der Waals surface area contributed by atoms with Gasteiger partial charge in [-0.3, -0.25) is 4.90 Å². The van der Waals surface area contributed by atoms with Gasteiger partial charge in [0.05, 0.1) is 17.6 Å². The predicted octanol–water partition coefficient (Wildman–Crippen LogP) is 14.1. The summed E-state index contributed by atoms with van der Waals surface area (Å²) in [7, 11) is 0. The highest BCUT2D eigenvalue weighted by molar-refractivity contribution is 7.01. The monoisotopic (exact) mass is 800 g/mol. The standard InChI is InChI=1S/C56H57BN2O2/c1-32-25-36(42-31-60-47-20-15-14-17-40(42)47)26-33(2)51(32)58-44-23-21-38(55(8,9)10)30-43(44)57-49-41-29-37(54(5,6)7)22-24-48(41)61-53(49)59(46-19-16-18-45(58)50(46)57)52-34(3)27-39(28-35(52)4)56(11,12)13/h14-31H,1-13H3. The Balaban J connectivity index is 1.29. The Morgan fingerprint density at radius 2 is 1.05 bits per heavy atom. The molecule has 0 unspecified atom stereocenters. The van der Waals surface area contributed by atoms with E-state index in [1.807, 2.05) is 18.4 Å². The highest BCUT2D eigenvalue weighted by Gasteiger charge is 2.47. The number of hydrogen-bond donors (Lipinski definition) is 0. The van der Waals surface area contributed by atoms with E-state index in [4.69, 9.17) is 8.83 Å². The van der Waals surface area contributed by atoms with Gasteiger partial charge in [0.2, 0.25) is 5.88 Å². The summed E-state index contributed by atoms with van der Waals surface area (Å²) in [4.78, 5) is 5.02. The molecule has 6 aromatic carbocycles. The van der Waals surface area contributed by atoms with Crippen molar-refractivity contribution in [3.63, 3.8) is 0 Å². The Labute approximate surface area is 362 Å². The number of anilines is 6. The number of fused-ring (bicyclic) bond motifs is 7. The van der Waals surface area contributed by atoms with Crippen molar-refractivity contribution in [3.05, 3.63) is 148 Å². The molecule has 61 heavy (non-hydrogen) atoms. The molecule has 0 radical (unpaired) electrons. The first-order chi connectivity index (χ1) is 28.8. The van der Waals surface area contributed by atoms with Gasteiger partial charge in [0.25, 0.3) is 6.71 Å². The second-order valence-electron chi connectivity index (χ2n) is 20.9. The zero-order valence-electron chi connectivity index (χ0n) is 38.2. The second kappa shape index (κ2) is 13.3. The van der Waals surface area contributed by atoms with Crippen LogP contribution >= 0.6 is 0 Å². The van der Waals surface area contributed by atoms with Crippen molar-refractivity contribution in [2.24, 2.45) is 0 Å². The van der Waals surface area contributed by atoms with Crippen LogP contribution in [0.3, 0.4) is 0 Å². The van der Waals surface area contributed by atoms with Crippen LogP contribution in [0.1, 0.15) is 101 Å². The first kappa shape index (κ1) is 39.2. The minimum Gasteiger partial charge on any atom is -0.464 e. The Kier molecular flexibility index (Phi) is 8.54. The summed E-state index contributed by atoms with van der Waals surface area (Å²) < 4.78 is 13.3. The lowest BCUT2D eigenvalue weighted by molar-refractivity contribution is 0.588. The Bertz CT molecular complexity index is 3060. The minimum atomic E-state index is -0.0610. The lowest BCUT2D eigenvalue weighted by Crippen LogP contribution is -2.61. The number of para-hydroxylation sites is 1. The number of rotatable bonds is 3. The molecule has 0 fully saturated rings. The topological polar surface area (TPSA) is 32.8 Å². The highest BCUT2D eigenvalue weighted by atomic mass is 16.4. The molecule has 0 N–H and O–H groups in total. The van der Waals surface area contributed by atoms with Crippen molar-refractivity contribution in [3.8, 4) is 11.1 Å². The fourth-order valence-corrected chi connectivity index (χ4v) is 10.3. The summed E-state index contributed by atoms with van der Waals surface area (Å²) in [5, 5.41) is 2.31. The summed E-state index contributed by atoms with van der Waals surface area (Å²) in [6.45, 7) is 29.8. The van der Waals surface area contributed by atoms with Crippen molar-refractivity contribution >= 4 is 79.4 Å². The first-order valence-corrected chi connectivity index (χ1v) is 22.0. The largest absolute Gasteiger partial charge is 0.464 e. The maximum atomic E-state index is 7.23. The van der Waals surface area contributed by atoms with Crippen LogP contribution in [0.2, 0.25) is 0 Å². The molecule has 4 nitrogen and oxygen atoms in total. The van der Waals surface area contributed by atoms with Gasteiger partial charge in [-0.1, -0.05) is 117 Å². The van der Waals surface area contributed by atoms with E-state index in [0.29, 0.717) is 0 Å². The first-order valence-electron chi connectivity index (χ1n) is 22.0. The Morgan fingerprint density at radius 1 is 0.475 bits per heavy atom. The highest BCUT2D eigenvalue weighted by Crippen LogP contribution is 2.50. The third-order valence-electron chi connectivity index (χ3n) is 13.4. The predicted molar refractivity (Wildman–Crippen MR) is 260 cm³/mol. The molecule has 4 heterocycles. The Hall–Kier alpha value is -5.94. The number of aryl methyl sites for hydroxylation is 4. The number of benzene rings is 6. The van der Waals surface area contributed by atoms with Gasteiger partial charge in [0, 0.05) is 38.9 Å².